The number of nitrogens with zero attached hydrogens (tertiary/aromatic N) is 2. The van der Waals surface area contributed by atoms with E-state index in [1.165, 1.54) is 22.5 Å². The zero-order valence-corrected chi connectivity index (χ0v) is 20.6. The summed E-state index contributed by atoms with van der Waals surface area (Å²) in [6.07, 6.45) is -2.74. The minimum atomic E-state index is -4.58. The molecule has 37 heavy (non-hydrogen) atoms. The second-order valence-corrected chi connectivity index (χ2v) is 9.89. The molecule has 1 aliphatic heterocycles. The molecule has 4 rings (SSSR count). The second kappa shape index (κ2) is 11.1. The Bertz CT molecular complexity index is 1240. The van der Waals surface area contributed by atoms with E-state index in [2.05, 4.69) is 9.64 Å². The Balaban J connectivity index is 1.76. The Morgan fingerprint density at radius 2 is 1.76 bits per heavy atom. The highest BCUT2D eigenvalue weighted by atomic mass is 32.2. The lowest BCUT2D eigenvalue weighted by Crippen LogP contribution is -2.44. The first-order valence-electron chi connectivity index (χ1n) is 11.6. The van der Waals surface area contributed by atoms with Crippen LogP contribution in [0, 0.1) is 5.82 Å². The van der Waals surface area contributed by atoms with Gasteiger partial charge in [0, 0.05) is 25.2 Å². The quantitative estimate of drug-likeness (QED) is 0.222. The van der Waals surface area contributed by atoms with Crippen LogP contribution >= 0.6 is 0 Å². The Labute approximate surface area is 213 Å². The molecule has 0 N–H and O–H groups in total. The van der Waals surface area contributed by atoms with Gasteiger partial charge >= 0.3 is 12.8 Å². The van der Waals surface area contributed by atoms with Crippen LogP contribution in [0.15, 0.2) is 65.6 Å². The fourth-order valence-corrected chi connectivity index (χ4v) is 5.43. The maximum atomic E-state index is 14.2. The van der Waals surface area contributed by atoms with Crippen LogP contribution in [-0.2, 0) is 17.5 Å². The number of rotatable bonds is 8. The number of unbranched alkanes of at least 4 members (excludes halogenated alkanes) is 1. The van der Waals surface area contributed by atoms with Crippen LogP contribution in [0.2, 0.25) is 0 Å². The van der Waals surface area contributed by atoms with Gasteiger partial charge in [-0.15, -0.1) is 0 Å². The number of hydrogen-bond donors (Lipinski definition) is 0. The van der Waals surface area contributed by atoms with E-state index in [1.54, 1.807) is 18.2 Å². The molecule has 1 unspecified atom stereocenters. The summed E-state index contributed by atoms with van der Waals surface area (Å²) in [7, 11) is 0. The number of hydrogen-bond acceptors (Lipinski definition) is 4. The molecule has 1 atom stereocenters. The third kappa shape index (κ3) is 6.27. The van der Waals surface area contributed by atoms with Crippen LogP contribution in [0.25, 0.3) is 11.1 Å². The number of anilines is 2. The average molecular weight is 543 g/mol. The van der Waals surface area contributed by atoms with Crippen LogP contribution in [0.1, 0.15) is 25.3 Å². The van der Waals surface area contributed by atoms with Crippen LogP contribution < -0.4 is 13.9 Å². The molecule has 0 saturated carbocycles. The number of fused-ring (bicyclic) bond motifs is 1. The van der Waals surface area contributed by atoms with Gasteiger partial charge in [-0.2, -0.15) is 26.3 Å². The zero-order chi connectivity index (χ0) is 26.7. The van der Waals surface area contributed by atoms with E-state index in [4.69, 9.17) is 0 Å². The first-order valence-corrected chi connectivity index (χ1v) is 12.7. The van der Waals surface area contributed by atoms with Crippen LogP contribution in [-0.4, -0.2) is 30.8 Å². The van der Waals surface area contributed by atoms with Gasteiger partial charge in [0.25, 0.3) is 0 Å². The molecule has 0 amide bonds. The molecule has 0 aromatic heterocycles. The molecule has 0 aliphatic carbocycles. The van der Waals surface area contributed by atoms with E-state index in [0.29, 0.717) is 17.8 Å². The van der Waals surface area contributed by atoms with Crippen molar-refractivity contribution in [1.29, 1.82) is 0 Å². The number of benzene rings is 3. The first-order chi connectivity index (χ1) is 17.6. The van der Waals surface area contributed by atoms with E-state index in [0.717, 1.165) is 49.3 Å². The van der Waals surface area contributed by atoms with Gasteiger partial charge in [0.2, 0.25) is 0 Å². The highest BCUT2D eigenvalue weighted by molar-refractivity contribution is 7.92. The van der Waals surface area contributed by atoms with Crippen molar-refractivity contribution in [2.45, 2.75) is 37.4 Å². The van der Waals surface area contributed by atoms with Crippen molar-refractivity contribution in [1.82, 2.24) is 0 Å². The third-order valence-corrected chi connectivity index (χ3v) is 7.37. The van der Waals surface area contributed by atoms with Crippen molar-refractivity contribution in [3.05, 3.63) is 72.0 Å². The van der Waals surface area contributed by atoms with Crippen molar-refractivity contribution in [2.24, 2.45) is 0 Å². The van der Waals surface area contributed by atoms with Crippen molar-refractivity contribution >= 4 is 22.7 Å². The Hall–Kier alpha value is -3.05. The lowest BCUT2D eigenvalue weighted by Gasteiger charge is -2.38. The number of alkyl halides is 5. The highest BCUT2D eigenvalue weighted by Crippen LogP contribution is 2.41. The summed E-state index contributed by atoms with van der Waals surface area (Å²) < 4.78 is 98.7. The molecule has 1 heterocycles. The zero-order valence-electron chi connectivity index (χ0n) is 19.8. The molecule has 0 fully saturated rings. The van der Waals surface area contributed by atoms with Gasteiger partial charge in [0.1, 0.15) is 28.6 Å². The highest BCUT2D eigenvalue weighted by Gasteiger charge is 2.35. The lowest BCUT2D eigenvalue weighted by atomic mass is 10.0. The summed E-state index contributed by atoms with van der Waals surface area (Å²) in [5, 5.41) is 0. The molecule has 1 aliphatic rings. The summed E-state index contributed by atoms with van der Waals surface area (Å²) in [5.74, 6) is -1.13. The summed E-state index contributed by atoms with van der Waals surface area (Å²) in [4.78, 5) is 2.09. The Morgan fingerprint density at radius 1 is 0.973 bits per heavy atom. The predicted molar refractivity (Wildman–Crippen MR) is 131 cm³/mol. The molecule has 0 saturated heterocycles. The van der Waals surface area contributed by atoms with Crippen molar-refractivity contribution < 1.29 is 35.6 Å². The fraction of sp³-hybridized carbons (Fsp3) is 0.308. The lowest BCUT2D eigenvalue weighted by molar-refractivity contribution is -0.137. The maximum Gasteiger partial charge on any atom is 0.416 e. The number of halogens is 6. The van der Waals surface area contributed by atoms with Gasteiger partial charge in [-0.3, -0.25) is 0 Å². The minimum absolute atomic E-state index is 0.00781. The molecule has 0 bridgehead atoms. The maximum absolute atomic E-state index is 14.2. The molecule has 4 nitrogen and oxygen atoms in total. The monoisotopic (exact) mass is 542 g/mol. The summed E-state index contributed by atoms with van der Waals surface area (Å²) in [6.45, 7) is 0.413. The van der Waals surface area contributed by atoms with E-state index in [9.17, 15) is 30.9 Å². The van der Waals surface area contributed by atoms with Gasteiger partial charge in [0.15, 0.2) is 4.90 Å². The van der Waals surface area contributed by atoms with E-state index < -0.39 is 35.5 Å². The van der Waals surface area contributed by atoms with E-state index in [-0.39, 0.29) is 22.8 Å². The average Bonchev–Trinajstić information content (AvgIpc) is 2.85. The Morgan fingerprint density at radius 3 is 2.46 bits per heavy atom. The Kier molecular flexibility index (Phi) is 8.13. The van der Waals surface area contributed by atoms with E-state index in [1.807, 2.05) is 6.92 Å². The first kappa shape index (κ1) is 27.0. The van der Waals surface area contributed by atoms with Crippen LogP contribution in [0.5, 0.6) is 5.75 Å². The largest absolute Gasteiger partial charge is 0.588 e. The van der Waals surface area contributed by atoms with E-state index >= 15 is 0 Å². The SMILES string of the molecule is CCCCN1CCN([S+]([O-])c2cccc(C(F)(F)F)c2)c2cc(-c3cc(F)cc(OC(F)F)c3)ccc21. The fourth-order valence-electron chi connectivity index (χ4n) is 4.18. The van der Waals surface area contributed by atoms with Gasteiger partial charge in [-0.1, -0.05) is 25.5 Å². The van der Waals surface area contributed by atoms with Gasteiger partial charge in [-0.25, -0.2) is 4.39 Å². The second-order valence-electron chi connectivity index (χ2n) is 8.48. The van der Waals surface area contributed by atoms with Gasteiger partial charge < -0.3 is 14.2 Å². The molecular formula is C26H24F6N2O2S. The third-order valence-electron chi connectivity index (χ3n) is 5.93. The summed E-state index contributed by atoms with van der Waals surface area (Å²) >= 11 is -1.97. The van der Waals surface area contributed by atoms with Gasteiger partial charge in [0.05, 0.1) is 17.8 Å². The summed E-state index contributed by atoms with van der Waals surface area (Å²) in [6, 6.07) is 12.7. The molecule has 0 radical (unpaired) electrons. The van der Waals surface area contributed by atoms with Crippen molar-refractivity contribution in [3.63, 3.8) is 0 Å². The molecule has 11 heteroatoms. The van der Waals surface area contributed by atoms with Crippen LogP contribution in [0.3, 0.4) is 0 Å². The smallest absolute Gasteiger partial charge is 0.416 e. The molecule has 3 aromatic carbocycles. The molecule has 3 aromatic rings. The number of ether oxygens (including phenoxy) is 1. The molecular weight excluding hydrogens is 518 g/mol. The molecule has 198 valence electrons. The summed E-state index contributed by atoms with van der Waals surface area (Å²) in [5.41, 5.74) is 1.01. The minimum Gasteiger partial charge on any atom is -0.588 e. The normalized spacial score (nSPS) is 14.6. The molecule has 0 spiro atoms. The standard InChI is InChI=1S/C26H24F6N2O2S/c1-2-3-9-33-10-11-34(37(35)22-6-4-5-19(15-22)26(30,31)32)24-14-17(7-8-23(24)33)18-12-20(27)16-21(13-18)36-25(28)29/h4-8,12-16,25H,2-3,9-11H2,1H3. The van der Waals surface area contributed by atoms with Gasteiger partial charge in [-0.05, 0) is 53.9 Å². The van der Waals surface area contributed by atoms with Crippen molar-refractivity contribution in [2.75, 3.05) is 28.8 Å². The topological polar surface area (TPSA) is 38.8 Å². The van der Waals surface area contributed by atoms with Crippen LogP contribution in [0.4, 0.5) is 37.7 Å². The predicted octanol–water partition coefficient (Wildman–Crippen LogP) is 7.26. The van der Waals surface area contributed by atoms with Crippen molar-refractivity contribution in [3.8, 4) is 16.9 Å².